The fourth-order valence-electron chi connectivity index (χ4n) is 1.28. The lowest BCUT2D eigenvalue weighted by Crippen LogP contribution is -2.10. The van der Waals surface area contributed by atoms with Crippen molar-refractivity contribution in [2.75, 3.05) is 0 Å². The van der Waals surface area contributed by atoms with E-state index in [2.05, 4.69) is 4.98 Å². The molecule has 0 fully saturated rings. The molecule has 0 spiro atoms. The number of halogens is 2. The Morgan fingerprint density at radius 3 is 2.79 bits per heavy atom. The highest BCUT2D eigenvalue weighted by molar-refractivity contribution is 6.35. The average molecular weight is 213 g/mol. The lowest BCUT2D eigenvalue weighted by atomic mass is 10.2. The number of aromatic nitrogens is 1. The van der Waals surface area contributed by atoms with Crippen LogP contribution in [0.1, 0.15) is 10.5 Å². The Balaban J connectivity index is 2.82. The van der Waals surface area contributed by atoms with Crippen LogP contribution in [0.15, 0.2) is 18.2 Å². The summed E-state index contributed by atoms with van der Waals surface area (Å²) < 4.78 is 13.2. The van der Waals surface area contributed by atoms with Gasteiger partial charge in [0.1, 0.15) is 11.5 Å². The Kier molecular flexibility index (Phi) is 1.93. The number of aromatic amines is 1. The predicted octanol–water partition coefficient (Wildman–Crippen LogP) is 2.06. The number of amides is 1. The van der Waals surface area contributed by atoms with Gasteiger partial charge in [0, 0.05) is 5.39 Å². The summed E-state index contributed by atoms with van der Waals surface area (Å²) in [6, 6.07) is 4.09. The second-order valence-electron chi connectivity index (χ2n) is 2.87. The molecule has 72 valence electrons. The van der Waals surface area contributed by atoms with Crippen molar-refractivity contribution >= 4 is 28.4 Å². The average Bonchev–Trinajstić information content (AvgIpc) is 2.57. The van der Waals surface area contributed by atoms with E-state index in [0.717, 1.165) is 0 Å². The molecule has 0 radical (unpaired) electrons. The summed E-state index contributed by atoms with van der Waals surface area (Å²) in [6.45, 7) is 0. The molecule has 2 rings (SSSR count). The van der Waals surface area contributed by atoms with Crippen LogP contribution < -0.4 is 5.73 Å². The highest BCUT2D eigenvalue weighted by Crippen LogP contribution is 2.26. The number of hydrogen-bond donors (Lipinski definition) is 2. The van der Waals surface area contributed by atoms with E-state index in [9.17, 15) is 9.18 Å². The Morgan fingerprint density at radius 1 is 1.50 bits per heavy atom. The maximum absolute atomic E-state index is 13.2. The normalized spacial score (nSPS) is 10.7. The van der Waals surface area contributed by atoms with Crippen LogP contribution in [0.3, 0.4) is 0 Å². The van der Waals surface area contributed by atoms with E-state index in [0.29, 0.717) is 10.4 Å². The molecule has 1 heterocycles. The van der Waals surface area contributed by atoms with E-state index in [1.165, 1.54) is 18.2 Å². The van der Waals surface area contributed by atoms with Crippen molar-refractivity contribution in [2.45, 2.75) is 0 Å². The Hall–Kier alpha value is -1.55. The number of nitrogens with two attached hydrogens (primary N) is 1. The summed E-state index contributed by atoms with van der Waals surface area (Å²) in [6.07, 6.45) is 0. The first-order chi connectivity index (χ1) is 6.59. The van der Waals surface area contributed by atoms with Crippen molar-refractivity contribution in [3.8, 4) is 0 Å². The molecule has 0 aliphatic heterocycles. The molecule has 5 heteroatoms. The van der Waals surface area contributed by atoms with Gasteiger partial charge in [-0.1, -0.05) is 11.6 Å². The summed E-state index contributed by atoms with van der Waals surface area (Å²) >= 11 is 5.81. The van der Waals surface area contributed by atoms with Crippen LogP contribution in [0.5, 0.6) is 0 Å². The molecule has 0 atom stereocenters. The third-order valence-electron chi connectivity index (χ3n) is 1.96. The maximum Gasteiger partial charge on any atom is 0.265 e. The zero-order valence-electron chi connectivity index (χ0n) is 6.97. The van der Waals surface area contributed by atoms with Crippen LogP contribution >= 0.6 is 11.6 Å². The molecule has 0 saturated carbocycles. The molecule has 0 aliphatic rings. The number of nitrogens with one attached hydrogen (secondary N) is 1. The number of H-pyrrole nitrogens is 1. The zero-order valence-corrected chi connectivity index (χ0v) is 7.73. The number of fused-ring (bicyclic) bond motifs is 1. The van der Waals surface area contributed by atoms with Gasteiger partial charge in [0.15, 0.2) is 0 Å². The molecule has 14 heavy (non-hydrogen) atoms. The van der Waals surface area contributed by atoms with E-state index in [1.54, 1.807) is 0 Å². The van der Waals surface area contributed by atoms with Gasteiger partial charge in [-0.2, -0.15) is 0 Å². The van der Waals surface area contributed by atoms with Crippen LogP contribution in [0.25, 0.3) is 10.9 Å². The van der Waals surface area contributed by atoms with Crippen LogP contribution in [0, 0.1) is 5.82 Å². The largest absolute Gasteiger partial charge is 0.364 e. The fraction of sp³-hybridized carbons (Fsp3) is 0. The van der Waals surface area contributed by atoms with Gasteiger partial charge in [-0.15, -0.1) is 0 Å². The Labute approximate surface area is 83.7 Å². The van der Waals surface area contributed by atoms with E-state index in [4.69, 9.17) is 17.3 Å². The van der Waals surface area contributed by atoms with Crippen molar-refractivity contribution < 1.29 is 9.18 Å². The molecule has 0 bridgehead atoms. The van der Waals surface area contributed by atoms with Crippen molar-refractivity contribution in [2.24, 2.45) is 5.73 Å². The van der Waals surface area contributed by atoms with Crippen molar-refractivity contribution in [3.63, 3.8) is 0 Å². The third kappa shape index (κ3) is 1.24. The predicted molar refractivity (Wildman–Crippen MR) is 51.8 cm³/mol. The second-order valence-corrected chi connectivity index (χ2v) is 3.27. The van der Waals surface area contributed by atoms with Gasteiger partial charge >= 0.3 is 0 Å². The maximum atomic E-state index is 13.2. The highest BCUT2D eigenvalue weighted by atomic mass is 35.5. The summed E-state index contributed by atoms with van der Waals surface area (Å²) in [5.41, 5.74) is 5.39. The lowest BCUT2D eigenvalue weighted by molar-refractivity contribution is 0.0996. The molecule has 3 N–H and O–H groups in total. The molecular weight excluding hydrogens is 207 g/mol. The summed E-state index contributed by atoms with van der Waals surface area (Å²) in [4.78, 5) is 13.4. The fourth-order valence-corrected chi connectivity index (χ4v) is 1.50. The SMILES string of the molecule is NC(=O)c1cc2c(Cl)ccc(F)c2[nH]1. The molecule has 0 aliphatic carbocycles. The first kappa shape index (κ1) is 9.02. The summed E-state index contributed by atoms with van der Waals surface area (Å²) in [5.74, 6) is -1.10. The monoisotopic (exact) mass is 212 g/mol. The lowest BCUT2D eigenvalue weighted by Gasteiger charge is -1.93. The Morgan fingerprint density at radius 2 is 2.21 bits per heavy atom. The number of carbonyl (C=O) groups excluding carboxylic acids is 1. The van der Waals surface area contributed by atoms with Crippen molar-refractivity contribution in [1.29, 1.82) is 0 Å². The van der Waals surface area contributed by atoms with E-state index in [1.807, 2.05) is 0 Å². The second kappa shape index (κ2) is 2.99. The summed E-state index contributed by atoms with van der Waals surface area (Å²) in [7, 11) is 0. The molecule has 1 amide bonds. The van der Waals surface area contributed by atoms with Crippen LogP contribution in [0.2, 0.25) is 5.02 Å². The number of primary amides is 1. The van der Waals surface area contributed by atoms with Crippen molar-refractivity contribution in [3.05, 3.63) is 34.7 Å². The van der Waals surface area contributed by atoms with Gasteiger partial charge in [-0.3, -0.25) is 4.79 Å². The minimum atomic E-state index is -0.642. The van der Waals surface area contributed by atoms with Crippen LogP contribution in [0.4, 0.5) is 4.39 Å². The van der Waals surface area contributed by atoms with Gasteiger partial charge in [0.2, 0.25) is 0 Å². The van der Waals surface area contributed by atoms with Gasteiger partial charge in [-0.05, 0) is 18.2 Å². The molecule has 2 aromatic rings. The summed E-state index contributed by atoms with van der Waals surface area (Å²) in [5, 5.41) is 0.839. The first-order valence-corrected chi connectivity index (χ1v) is 4.24. The molecule has 3 nitrogen and oxygen atoms in total. The zero-order chi connectivity index (χ0) is 10.3. The third-order valence-corrected chi connectivity index (χ3v) is 2.28. The van der Waals surface area contributed by atoms with E-state index >= 15 is 0 Å². The Bertz CT molecular complexity index is 482. The van der Waals surface area contributed by atoms with Gasteiger partial charge in [-0.25, -0.2) is 4.39 Å². The molecule has 0 unspecified atom stereocenters. The van der Waals surface area contributed by atoms with Gasteiger partial charge in [0.25, 0.3) is 5.91 Å². The molecular formula is C9H6ClFN2O. The van der Waals surface area contributed by atoms with Gasteiger partial charge < -0.3 is 10.7 Å². The molecule has 1 aromatic heterocycles. The van der Waals surface area contributed by atoms with E-state index in [-0.39, 0.29) is 11.2 Å². The van der Waals surface area contributed by atoms with Crippen molar-refractivity contribution in [1.82, 2.24) is 4.98 Å². The first-order valence-electron chi connectivity index (χ1n) is 3.86. The highest BCUT2D eigenvalue weighted by Gasteiger charge is 2.11. The topological polar surface area (TPSA) is 58.9 Å². The van der Waals surface area contributed by atoms with E-state index < -0.39 is 11.7 Å². The minimum Gasteiger partial charge on any atom is -0.364 e. The van der Waals surface area contributed by atoms with Crippen LogP contribution in [-0.4, -0.2) is 10.9 Å². The van der Waals surface area contributed by atoms with Crippen LogP contribution in [-0.2, 0) is 0 Å². The number of carbonyl (C=O) groups is 1. The molecule has 1 aromatic carbocycles. The van der Waals surface area contributed by atoms with Gasteiger partial charge in [0.05, 0.1) is 10.5 Å². The quantitative estimate of drug-likeness (QED) is 0.747. The number of hydrogen-bond acceptors (Lipinski definition) is 1. The molecule has 0 saturated heterocycles. The number of rotatable bonds is 1. The smallest absolute Gasteiger partial charge is 0.265 e. The minimum absolute atomic E-state index is 0.145. The standard InChI is InChI=1S/C9H6ClFN2O/c10-5-1-2-6(11)8-4(5)3-7(13-8)9(12)14/h1-3,13H,(H2,12,14). The number of benzene rings is 1.